The zero-order valence-electron chi connectivity index (χ0n) is 12.2. The molecule has 0 atom stereocenters. The molecule has 2 nitrogen and oxygen atoms in total. The van der Waals surface area contributed by atoms with Crippen molar-refractivity contribution in [2.45, 2.75) is 44.4 Å². The molecule has 1 radical (unpaired) electrons. The second kappa shape index (κ2) is 5.44. The standard InChI is InChI=1S/C19H20NO/c1-2-4-9-14(8-3-1)15-10-7-13-18-19(15)20-16-11-5-6-12-17(16)21-18/h5-7,10-14H,1-4,8-9H2. The van der Waals surface area contributed by atoms with Crippen LogP contribution in [0.5, 0.6) is 11.5 Å². The highest BCUT2D eigenvalue weighted by Gasteiger charge is 2.24. The van der Waals surface area contributed by atoms with Crippen molar-refractivity contribution in [1.29, 1.82) is 0 Å². The van der Waals surface area contributed by atoms with Crippen LogP contribution in [0.4, 0.5) is 11.4 Å². The first-order valence-corrected chi connectivity index (χ1v) is 8.03. The number of fused-ring (bicyclic) bond motifs is 2. The van der Waals surface area contributed by atoms with Gasteiger partial charge in [0, 0.05) is 0 Å². The van der Waals surface area contributed by atoms with E-state index in [1.165, 1.54) is 44.1 Å². The largest absolute Gasteiger partial charge is 0.453 e. The molecule has 1 aliphatic heterocycles. The van der Waals surface area contributed by atoms with Gasteiger partial charge >= 0.3 is 0 Å². The lowest BCUT2D eigenvalue weighted by Gasteiger charge is -2.25. The Morgan fingerprint density at radius 1 is 0.810 bits per heavy atom. The summed E-state index contributed by atoms with van der Waals surface area (Å²) in [6, 6.07) is 14.4. The second-order valence-corrected chi connectivity index (χ2v) is 6.06. The molecule has 0 spiro atoms. The van der Waals surface area contributed by atoms with Gasteiger partial charge in [-0.2, -0.15) is 0 Å². The van der Waals surface area contributed by atoms with Crippen molar-refractivity contribution < 1.29 is 4.74 Å². The van der Waals surface area contributed by atoms with Gasteiger partial charge in [-0.3, -0.25) is 0 Å². The normalized spacial score (nSPS) is 17.9. The third-order valence-electron chi connectivity index (χ3n) is 4.64. The van der Waals surface area contributed by atoms with Gasteiger partial charge in [-0.1, -0.05) is 49.9 Å². The lowest BCUT2D eigenvalue weighted by molar-refractivity contribution is 0.468. The number of nitrogens with zero attached hydrogens (tertiary/aromatic N) is 1. The molecule has 1 heterocycles. The molecule has 4 rings (SSSR count). The van der Waals surface area contributed by atoms with Crippen LogP contribution in [0.2, 0.25) is 0 Å². The molecule has 2 heteroatoms. The summed E-state index contributed by atoms with van der Waals surface area (Å²) < 4.78 is 6.05. The first-order valence-electron chi connectivity index (χ1n) is 8.03. The summed E-state index contributed by atoms with van der Waals surface area (Å²) >= 11 is 0. The van der Waals surface area contributed by atoms with Crippen molar-refractivity contribution in [3.8, 4) is 11.5 Å². The number of rotatable bonds is 1. The molecule has 0 amide bonds. The number of hydrogen-bond acceptors (Lipinski definition) is 1. The molecule has 0 N–H and O–H groups in total. The number of benzene rings is 2. The van der Waals surface area contributed by atoms with Crippen LogP contribution in [0.15, 0.2) is 42.5 Å². The quantitative estimate of drug-likeness (QED) is 0.516. The Morgan fingerprint density at radius 2 is 1.57 bits per heavy atom. The van der Waals surface area contributed by atoms with Crippen LogP contribution in [0.1, 0.15) is 50.0 Å². The molecule has 0 bridgehead atoms. The molecule has 1 saturated carbocycles. The summed E-state index contributed by atoms with van der Waals surface area (Å²) in [5.74, 6) is 2.42. The van der Waals surface area contributed by atoms with Crippen LogP contribution in [0, 0.1) is 0 Å². The topological polar surface area (TPSA) is 23.3 Å². The van der Waals surface area contributed by atoms with Crippen LogP contribution < -0.4 is 10.1 Å². The maximum atomic E-state index is 6.05. The summed E-state index contributed by atoms with van der Waals surface area (Å²) in [4.78, 5) is 0. The summed E-state index contributed by atoms with van der Waals surface area (Å²) in [7, 11) is 0. The molecule has 2 aliphatic rings. The molecule has 0 aromatic heterocycles. The zero-order chi connectivity index (χ0) is 14.1. The second-order valence-electron chi connectivity index (χ2n) is 6.06. The number of hydrogen-bond donors (Lipinski definition) is 0. The van der Waals surface area contributed by atoms with E-state index in [0.29, 0.717) is 5.92 Å². The van der Waals surface area contributed by atoms with E-state index in [0.717, 1.165) is 22.9 Å². The predicted octanol–water partition coefficient (Wildman–Crippen LogP) is 5.80. The summed E-state index contributed by atoms with van der Waals surface area (Å²) in [5, 5.41) is 4.89. The van der Waals surface area contributed by atoms with E-state index < -0.39 is 0 Å². The molecule has 2 aromatic carbocycles. The van der Waals surface area contributed by atoms with Crippen LogP contribution in [-0.2, 0) is 0 Å². The molecule has 0 saturated heterocycles. The first-order chi connectivity index (χ1) is 10.4. The Hall–Kier alpha value is -1.96. The first kappa shape index (κ1) is 12.8. The van der Waals surface area contributed by atoms with Crippen LogP contribution in [0.3, 0.4) is 0 Å². The Morgan fingerprint density at radius 3 is 2.43 bits per heavy atom. The average Bonchev–Trinajstić information content (AvgIpc) is 2.81. The van der Waals surface area contributed by atoms with Gasteiger partial charge < -0.3 is 4.74 Å². The Labute approximate surface area is 126 Å². The fourth-order valence-corrected chi connectivity index (χ4v) is 3.54. The van der Waals surface area contributed by atoms with Crippen molar-refractivity contribution in [1.82, 2.24) is 5.32 Å². The van der Waals surface area contributed by atoms with E-state index in [1.807, 2.05) is 30.3 Å². The fraction of sp³-hybridized carbons (Fsp3) is 0.368. The van der Waals surface area contributed by atoms with Gasteiger partial charge in [-0.05, 0) is 42.5 Å². The average molecular weight is 278 g/mol. The third kappa shape index (κ3) is 2.39. The van der Waals surface area contributed by atoms with E-state index >= 15 is 0 Å². The van der Waals surface area contributed by atoms with Gasteiger partial charge in [0.15, 0.2) is 11.5 Å². The SMILES string of the molecule is c1ccc2c(c1)[N]c1c(cccc1C1CCCCCC1)O2. The van der Waals surface area contributed by atoms with Gasteiger partial charge in [0.2, 0.25) is 0 Å². The molecule has 107 valence electrons. The van der Waals surface area contributed by atoms with E-state index in [9.17, 15) is 0 Å². The Kier molecular flexibility index (Phi) is 3.30. The van der Waals surface area contributed by atoms with Gasteiger partial charge in [-0.15, -0.1) is 0 Å². The van der Waals surface area contributed by atoms with Crippen LogP contribution in [0.25, 0.3) is 0 Å². The molecule has 2 aromatic rings. The highest BCUT2D eigenvalue weighted by molar-refractivity contribution is 5.70. The van der Waals surface area contributed by atoms with Gasteiger partial charge in [0.25, 0.3) is 0 Å². The van der Waals surface area contributed by atoms with Crippen molar-refractivity contribution >= 4 is 11.4 Å². The summed E-state index contributed by atoms with van der Waals surface area (Å²) in [5.41, 5.74) is 3.39. The fourth-order valence-electron chi connectivity index (χ4n) is 3.54. The van der Waals surface area contributed by atoms with Gasteiger partial charge in [0.1, 0.15) is 11.4 Å². The maximum Gasteiger partial charge on any atom is 0.153 e. The third-order valence-corrected chi connectivity index (χ3v) is 4.64. The maximum absolute atomic E-state index is 6.05. The molecule has 0 unspecified atom stereocenters. The zero-order valence-corrected chi connectivity index (χ0v) is 12.2. The molecular weight excluding hydrogens is 258 g/mol. The van der Waals surface area contributed by atoms with Crippen molar-refractivity contribution in [2.75, 3.05) is 0 Å². The highest BCUT2D eigenvalue weighted by Crippen LogP contribution is 2.47. The molecular formula is C19H20NO. The molecule has 1 aliphatic carbocycles. The van der Waals surface area contributed by atoms with E-state index in [4.69, 9.17) is 10.1 Å². The van der Waals surface area contributed by atoms with Crippen molar-refractivity contribution in [3.63, 3.8) is 0 Å². The van der Waals surface area contributed by atoms with E-state index in [2.05, 4.69) is 12.1 Å². The van der Waals surface area contributed by atoms with E-state index in [1.54, 1.807) is 0 Å². The summed E-state index contributed by atoms with van der Waals surface area (Å²) in [6.45, 7) is 0. The Bertz CT molecular complexity index is 642. The van der Waals surface area contributed by atoms with E-state index in [-0.39, 0.29) is 0 Å². The van der Waals surface area contributed by atoms with Crippen molar-refractivity contribution in [3.05, 3.63) is 48.0 Å². The molecule has 21 heavy (non-hydrogen) atoms. The number of para-hydroxylation sites is 3. The lowest BCUT2D eigenvalue weighted by Crippen LogP contribution is -2.07. The van der Waals surface area contributed by atoms with Crippen LogP contribution in [-0.4, -0.2) is 0 Å². The minimum absolute atomic E-state index is 0.639. The van der Waals surface area contributed by atoms with Crippen LogP contribution >= 0.6 is 0 Å². The predicted molar refractivity (Wildman–Crippen MR) is 84.9 cm³/mol. The summed E-state index contributed by atoms with van der Waals surface area (Å²) in [6.07, 6.45) is 8.00. The van der Waals surface area contributed by atoms with Gasteiger partial charge in [-0.25, -0.2) is 5.32 Å². The highest BCUT2D eigenvalue weighted by atomic mass is 16.5. The minimum Gasteiger partial charge on any atom is -0.453 e. The Balaban J connectivity index is 1.72. The monoisotopic (exact) mass is 278 g/mol. The minimum atomic E-state index is 0.639. The van der Waals surface area contributed by atoms with Gasteiger partial charge in [0.05, 0.1) is 0 Å². The lowest BCUT2D eigenvalue weighted by atomic mass is 9.90. The van der Waals surface area contributed by atoms with Crippen molar-refractivity contribution in [2.24, 2.45) is 0 Å². The smallest absolute Gasteiger partial charge is 0.153 e. The number of ether oxygens (including phenoxy) is 1. The molecule has 1 fully saturated rings.